The summed E-state index contributed by atoms with van der Waals surface area (Å²) in [5.74, 6) is 0.00140. The van der Waals surface area contributed by atoms with Crippen molar-refractivity contribution >= 4 is 51.6 Å². The lowest BCUT2D eigenvalue weighted by atomic mass is 10.1. The third kappa shape index (κ3) is 4.66. The molecular formula is C22H19ClN2O2S. The quantitative estimate of drug-likeness (QED) is 0.555. The van der Waals surface area contributed by atoms with Crippen molar-refractivity contribution in [2.75, 3.05) is 11.1 Å². The van der Waals surface area contributed by atoms with E-state index in [1.807, 2.05) is 18.2 Å². The fourth-order valence-electron chi connectivity index (χ4n) is 2.87. The van der Waals surface area contributed by atoms with Gasteiger partial charge in [-0.15, -0.1) is 11.8 Å². The maximum absolute atomic E-state index is 12.3. The molecule has 4 nitrogen and oxygen atoms in total. The highest BCUT2D eigenvalue weighted by atomic mass is 35.5. The van der Waals surface area contributed by atoms with E-state index >= 15 is 0 Å². The molecule has 4 rings (SSSR count). The van der Waals surface area contributed by atoms with Crippen LogP contribution < -0.4 is 10.6 Å². The highest BCUT2D eigenvalue weighted by Crippen LogP contribution is 2.26. The molecule has 0 aliphatic heterocycles. The van der Waals surface area contributed by atoms with Gasteiger partial charge in [0.1, 0.15) is 0 Å². The zero-order chi connectivity index (χ0) is 19.5. The van der Waals surface area contributed by atoms with Crippen LogP contribution in [0.4, 0.5) is 5.69 Å². The summed E-state index contributed by atoms with van der Waals surface area (Å²) < 4.78 is 0. The summed E-state index contributed by atoms with van der Waals surface area (Å²) in [5, 5.41) is 8.40. The standard InChI is InChI=1S/C22H19ClN2O2S/c23-20-12-17(8-10-19(20)22(27)25-16-6-7-16)24-21(26)13-28-18-9-5-14-3-1-2-4-15(14)11-18/h1-5,8-12,16H,6-7,13H2,(H,24,26)(H,25,27). The van der Waals surface area contributed by atoms with E-state index < -0.39 is 0 Å². The number of carbonyl (C=O) groups excluding carboxylic acids is 2. The van der Waals surface area contributed by atoms with Crippen molar-refractivity contribution in [2.24, 2.45) is 0 Å². The predicted molar refractivity (Wildman–Crippen MR) is 115 cm³/mol. The van der Waals surface area contributed by atoms with Gasteiger partial charge in [0.05, 0.1) is 16.3 Å². The number of halogens is 1. The molecular weight excluding hydrogens is 392 g/mol. The largest absolute Gasteiger partial charge is 0.349 e. The van der Waals surface area contributed by atoms with Gasteiger partial charge in [0.25, 0.3) is 5.91 Å². The van der Waals surface area contributed by atoms with Crippen molar-refractivity contribution in [2.45, 2.75) is 23.8 Å². The van der Waals surface area contributed by atoms with Gasteiger partial charge in [-0.3, -0.25) is 9.59 Å². The molecule has 0 heterocycles. The lowest BCUT2D eigenvalue weighted by Crippen LogP contribution is -2.25. The van der Waals surface area contributed by atoms with Crippen molar-refractivity contribution in [1.82, 2.24) is 5.32 Å². The molecule has 1 aliphatic rings. The van der Waals surface area contributed by atoms with Crippen LogP contribution in [0.5, 0.6) is 0 Å². The first-order chi connectivity index (χ1) is 13.6. The highest BCUT2D eigenvalue weighted by Gasteiger charge is 2.24. The number of rotatable bonds is 6. The van der Waals surface area contributed by atoms with Crippen LogP contribution in [0.25, 0.3) is 10.8 Å². The van der Waals surface area contributed by atoms with Crippen molar-refractivity contribution in [1.29, 1.82) is 0 Å². The second-order valence-electron chi connectivity index (χ2n) is 6.79. The number of amides is 2. The van der Waals surface area contributed by atoms with Crippen molar-refractivity contribution in [3.8, 4) is 0 Å². The highest BCUT2D eigenvalue weighted by molar-refractivity contribution is 8.00. The number of hydrogen-bond donors (Lipinski definition) is 2. The van der Waals surface area contributed by atoms with Crippen LogP contribution >= 0.6 is 23.4 Å². The maximum Gasteiger partial charge on any atom is 0.253 e. The zero-order valence-electron chi connectivity index (χ0n) is 15.1. The summed E-state index contributed by atoms with van der Waals surface area (Å²) in [7, 11) is 0. The molecule has 2 amide bonds. The SMILES string of the molecule is O=C(CSc1ccc2ccccc2c1)Nc1ccc(C(=O)NC2CC2)c(Cl)c1. The Morgan fingerprint density at radius 3 is 2.54 bits per heavy atom. The molecule has 142 valence electrons. The number of fused-ring (bicyclic) bond motifs is 1. The van der Waals surface area contributed by atoms with Gasteiger partial charge in [-0.25, -0.2) is 0 Å². The molecule has 3 aromatic carbocycles. The molecule has 0 bridgehead atoms. The number of benzene rings is 3. The predicted octanol–water partition coefficient (Wildman–Crippen LogP) is 5.12. The minimum absolute atomic E-state index is 0.121. The van der Waals surface area contributed by atoms with Crippen LogP contribution in [0.1, 0.15) is 23.2 Å². The first-order valence-corrected chi connectivity index (χ1v) is 10.5. The maximum atomic E-state index is 12.3. The van der Waals surface area contributed by atoms with Gasteiger partial charge < -0.3 is 10.6 Å². The van der Waals surface area contributed by atoms with Crippen molar-refractivity contribution in [3.63, 3.8) is 0 Å². The smallest absolute Gasteiger partial charge is 0.253 e. The van der Waals surface area contributed by atoms with Gasteiger partial charge in [-0.05, 0) is 53.9 Å². The van der Waals surface area contributed by atoms with Gasteiger partial charge in [0.2, 0.25) is 5.91 Å². The summed E-state index contributed by atoms with van der Waals surface area (Å²) in [6.07, 6.45) is 2.04. The van der Waals surface area contributed by atoms with E-state index in [0.717, 1.165) is 23.1 Å². The van der Waals surface area contributed by atoms with Crippen LogP contribution in [0.15, 0.2) is 65.6 Å². The molecule has 28 heavy (non-hydrogen) atoms. The Bertz CT molecular complexity index is 1050. The molecule has 0 saturated heterocycles. The Kier molecular flexibility index (Phi) is 5.55. The molecule has 0 spiro atoms. The summed E-state index contributed by atoms with van der Waals surface area (Å²) in [4.78, 5) is 25.4. The minimum atomic E-state index is -0.169. The van der Waals surface area contributed by atoms with Crippen LogP contribution in [0.3, 0.4) is 0 Å². The van der Waals surface area contributed by atoms with Gasteiger partial charge in [-0.1, -0.05) is 41.9 Å². The number of nitrogens with one attached hydrogen (secondary N) is 2. The second-order valence-corrected chi connectivity index (χ2v) is 8.24. The Labute approximate surface area is 172 Å². The molecule has 0 unspecified atom stereocenters. The second kappa shape index (κ2) is 8.25. The third-order valence-corrected chi connectivity index (χ3v) is 5.81. The topological polar surface area (TPSA) is 58.2 Å². The third-order valence-electron chi connectivity index (χ3n) is 4.50. The molecule has 3 aromatic rings. The van der Waals surface area contributed by atoms with Crippen LogP contribution in [0.2, 0.25) is 5.02 Å². The molecule has 0 atom stereocenters. The van der Waals surface area contributed by atoms with E-state index in [-0.39, 0.29) is 17.9 Å². The van der Waals surface area contributed by atoms with Gasteiger partial charge in [0, 0.05) is 16.6 Å². The number of hydrogen-bond acceptors (Lipinski definition) is 3. The molecule has 0 aromatic heterocycles. The molecule has 0 radical (unpaired) electrons. The summed E-state index contributed by atoms with van der Waals surface area (Å²) in [6.45, 7) is 0. The summed E-state index contributed by atoms with van der Waals surface area (Å²) >= 11 is 7.70. The molecule has 6 heteroatoms. The summed E-state index contributed by atoms with van der Waals surface area (Å²) in [5.41, 5.74) is 1.01. The van der Waals surface area contributed by atoms with Crippen LogP contribution in [-0.2, 0) is 4.79 Å². The van der Waals surface area contributed by atoms with E-state index in [1.54, 1.807) is 18.2 Å². The van der Waals surface area contributed by atoms with Gasteiger partial charge in [0.15, 0.2) is 0 Å². The van der Waals surface area contributed by atoms with E-state index in [1.165, 1.54) is 17.1 Å². The number of anilines is 1. The zero-order valence-corrected chi connectivity index (χ0v) is 16.6. The van der Waals surface area contributed by atoms with Gasteiger partial charge >= 0.3 is 0 Å². The molecule has 1 aliphatic carbocycles. The fraction of sp³-hybridized carbons (Fsp3) is 0.182. The van der Waals surface area contributed by atoms with E-state index in [9.17, 15) is 9.59 Å². The number of carbonyl (C=O) groups is 2. The Morgan fingerprint density at radius 1 is 1.00 bits per heavy atom. The first kappa shape index (κ1) is 18.8. The first-order valence-electron chi connectivity index (χ1n) is 9.10. The van der Waals surface area contributed by atoms with Crippen LogP contribution in [-0.4, -0.2) is 23.6 Å². The normalized spacial score (nSPS) is 13.3. The Balaban J connectivity index is 1.35. The lowest BCUT2D eigenvalue weighted by molar-refractivity contribution is -0.113. The Morgan fingerprint density at radius 2 is 1.79 bits per heavy atom. The average Bonchev–Trinajstić information content (AvgIpc) is 3.50. The van der Waals surface area contributed by atoms with Crippen molar-refractivity contribution in [3.05, 3.63) is 71.2 Å². The number of thioether (sulfide) groups is 1. The van der Waals surface area contributed by atoms with E-state index in [2.05, 4.69) is 34.9 Å². The summed E-state index contributed by atoms with van der Waals surface area (Å²) in [6, 6.07) is 19.5. The monoisotopic (exact) mass is 410 g/mol. The van der Waals surface area contributed by atoms with E-state index in [0.29, 0.717) is 22.0 Å². The van der Waals surface area contributed by atoms with E-state index in [4.69, 9.17) is 11.6 Å². The van der Waals surface area contributed by atoms with Crippen molar-refractivity contribution < 1.29 is 9.59 Å². The van der Waals surface area contributed by atoms with Crippen LogP contribution in [0, 0.1) is 0 Å². The molecule has 1 fully saturated rings. The molecule has 1 saturated carbocycles. The Hall–Kier alpha value is -2.50. The molecule has 2 N–H and O–H groups in total. The minimum Gasteiger partial charge on any atom is -0.349 e. The lowest BCUT2D eigenvalue weighted by Gasteiger charge is -2.09. The fourth-order valence-corrected chi connectivity index (χ4v) is 3.88. The van der Waals surface area contributed by atoms with Gasteiger partial charge in [-0.2, -0.15) is 0 Å². The average molecular weight is 411 g/mol.